The zero-order valence-corrected chi connectivity index (χ0v) is 18.0. The Bertz CT molecular complexity index is 516. The summed E-state index contributed by atoms with van der Waals surface area (Å²) in [7, 11) is 0. The molecular formula is C18H34N4O10. The molecule has 0 heterocycles. The van der Waals surface area contributed by atoms with E-state index < -0.39 is 48.7 Å². The number of aliphatic carboxylic acids is 2. The minimum atomic E-state index is -1.14. The van der Waals surface area contributed by atoms with Gasteiger partial charge in [-0.05, 0) is 0 Å². The lowest BCUT2D eigenvalue weighted by atomic mass is 10.2. The molecule has 0 saturated heterocycles. The van der Waals surface area contributed by atoms with Gasteiger partial charge in [0, 0.05) is 13.1 Å². The van der Waals surface area contributed by atoms with E-state index in [1.54, 1.807) is 0 Å². The highest BCUT2D eigenvalue weighted by molar-refractivity contribution is 5.86. The number of rotatable bonds is 21. The van der Waals surface area contributed by atoms with E-state index >= 15 is 0 Å². The number of carbonyl (C=O) groups is 4. The molecule has 0 aliphatic rings. The van der Waals surface area contributed by atoms with E-state index in [9.17, 15) is 19.2 Å². The molecule has 0 radical (unpaired) electrons. The molecule has 0 aromatic heterocycles. The third kappa shape index (κ3) is 18.4. The van der Waals surface area contributed by atoms with Crippen molar-refractivity contribution in [2.24, 2.45) is 11.5 Å². The minimum Gasteiger partial charge on any atom is -0.481 e. The number of nitrogens with one attached hydrogen (secondary N) is 2. The molecule has 0 spiro atoms. The Morgan fingerprint density at radius 2 is 0.875 bits per heavy atom. The summed E-state index contributed by atoms with van der Waals surface area (Å²) in [5, 5.41) is 22.0. The van der Waals surface area contributed by atoms with Crippen molar-refractivity contribution in [3.05, 3.63) is 0 Å². The van der Waals surface area contributed by atoms with E-state index in [4.69, 9.17) is 40.6 Å². The van der Waals surface area contributed by atoms with Crippen molar-refractivity contribution in [1.29, 1.82) is 0 Å². The van der Waals surface area contributed by atoms with Crippen LogP contribution in [-0.2, 0) is 38.1 Å². The van der Waals surface area contributed by atoms with Gasteiger partial charge in [-0.25, -0.2) is 0 Å². The Kier molecular flexibility index (Phi) is 17.9. The predicted molar refractivity (Wildman–Crippen MR) is 110 cm³/mol. The molecule has 14 nitrogen and oxygen atoms in total. The highest BCUT2D eigenvalue weighted by Crippen LogP contribution is 1.89. The largest absolute Gasteiger partial charge is 0.481 e. The van der Waals surface area contributed by atoms with E-state index in [0.717, 1.165) is 0 Å². The molecule has 0 bridgehead atoms. The average molecular weight is 466 g/mol. The highest BCUT2D eigenvalue weighted by Gasteiger charge is 2.16. The second kappa shape index (κ2) is 19.3. The number of carboxylic acid groups (broad SMARTS) is 2. The lowest BCUT2D eigenvalue weighted by Crippen LogP contribution is -2.43. The van der Waals surface area contributed by atoms with Crippen LogP contribution in [0, 0.1) is 0 Å². The van der Waals surface area contributed by atoms with Crippen LogP contribution >= 0.6 is 0 Å². The minimum absolute atomic E-state index is 0.216. The van der Waals surface area contributed by atoms with Crippen LogP contribution < -0.4 is 22.1 Å². The van der Waals surface area contributed by atoms with E-state index in [2.05, 4.69) is 10.6 Å². The van der Waals surface area contributed by atoms with Crippen molar-refractivity contribution >= 4 is 23.8 Å². The lowest BCUT2D eigenvalue weighted by molar-refractivity contribution is -0.140. The standard InChI is InChI=1S/C18H34N4O10/c19-13(11-15(23)24)17(27)21-1-3-29-5-7-31-9-10-32-8-6-30-4-2-22-18(28)14(20)12-16(25)26/h13-14H,1-12,19-20H2,(H,21,27)(H,22,28)(H,23,24)(H,25,26). The van der Waals surface area contributed by atoms with Crippen molar-refractivity contribution in [3.63, 3.8) is 0 Å². The van der Waals surface area contributed by atoms with Crippen molar-refractivity contribution < 1.29 is 48.3 Å². The van der Waals surface area contributed by atoms with Crippen molar-refractivity contribution in [1.82, 2.24) is 10.6 Å². The number of carboxylic acids is 2. The van der Waals surface area contributed by atoms with Crippen molar-refractivity contribution in [3.8, 4) is 0 Å². The normalized spacial score (nSPS) is 12.7. The first-order valence-electron chi connectivity index (χ1n) is 10.0. The Balaban J connectivity index is 3.33. The van der Waals surface area contributed by atoms with Crippen molar-refractivity contribution in [2.45, 2.75) is 24.9 Å². The number of hydrogen-bond donors (Lipinski definition) is 6. The molecule has 2 atom stereocenters. The zero-order valence-electron chi connectivity index (χ0n) is 18.0. The summed E-state index contributed by atoms with van der Waals surface area (Å²) in [5.41, 5.74) is 10.8. The summed E-state index contributed by atoms with van der Waals surface area (Å²) in [6.07, 6.45) is -0.864. The molecule has 0 aliphatic heterocycles. The average Bonchev–Trinajstić information content (AvgIpc) is 2.71. The topological polar surface area (TPSA) is 222 Å². The summed E-state index contributed by atoms with van der Waals surface area (Å²) in [6, 6.07) is -2.17. The number of ether oxygens (including phenoxy) is 4. The van der Waals surface area contributed by atoms with Crippen LogP contribution in [-0.4, -0.2) is 112 Å². The van der Waals surface area contributed by atoms with E-state index in [1.807, 2.05) is 0 Å². The Hall–Kier alpha value is -2.36. The van der Waals surface area contributed by atoms with Gasteiger partial charge in [-0.3, -0.25) is 19.2 Å². The fourth-order valence-electron chi connectivity index (χ4n) is 2.08. The number of nitrogens with two attached hydrogens (primary N) is 2. The summed E-state index contributed by atoms with van der Waals surface area (Å²) in [4.78, 5) is 43.8. The van der Waals surface area contributed by atoms with E-state index in [1.165, 1.54) is 0 Å². The van der Waals surface area contributed by atoms with E-state index in [0.29, 0.717) is 39.6 Å². The molecule has 0 fully saturated rings. The van der Waals surface area contributed by atoms with Gasteiger partial charge >= 0.3 is 11.9 Å². The SMILES string of the molecule is NC(CC(=O)O)C(=O)NCCOCCOCCOCCOCCNC(=O)C(N)CC(=O)O. The van der Waals surface area contributed by atoms with Crippen LogP contribution in [0.5, 0.6) is 0 Å². The first-order chi connectivity index (χ1) is 15.2. The molecule has 0 saturated carbocycles. The molecular weight excluding hydrogens is 432 g/mol. The second-order valence-electron chi connectivity index (χ2n) is 6.44. The van der Waals surface area contributed by atoms with Crippen LogP contribution in [0.15, 0.2) is 0 Å². The number of hydrogen-bond acceptors (Lipinski definition) is 10. The summed E-state index contributed by atoms with van der Waals surface area (Å²) >= 11 is 0. The van der Waals surface area contributed by atoms with E-state index in [-0.39, 0.29) is 26.3 Å². The summed E-state index contributed by atoms with van der Waals surface area (Å²) in [6.45, 7) is 2.98. The lowest BCUT2D eigenvalue weighted by Gasteiger charge is -2.11. The quantitative estimate of drug-likeness (QED) is 0.0925. The number of carbonyl (C=O) groups excluding carboxylic acids is 2. The van der Waals surface area contributed by atoms with Gasteiger partial charge < -0.3 is 51.3 Å². The Morgan fingerprint density at radius 3 is 1.16 bits per heavy atom. The van der Waals surface area contributed by atoms with Crippen molar-refractivity contribution in [2.75, 3.05) is 65.9 Å². The van der Waals surface area contributed by atoms with Gasteiger partial charge in [0.25, 0.3) is 0 Å². The van der Waals surface area contributed by atoms with Gasteiger partial charge in [-0.15, -0.1) is 0 Å². The van der Waals surface area contributed by atoms with Gasteiger partial charge in [0.1, 0.15) is 0 Å². The monoisotopic (exact) mass is 466 g/mol. The maximum absolute atomic E-state index is 11.5. The fraction of sp³-hybridized carbons (Fsp3) is 0.778. The summed E-state index contributed by atoms with van der Waals surface area (Å²) in [5.74, 6) is -3.36. The van der Waals surface area contributed by atoms with Crippen LogP contribution in [0.4, 0.5) is 0 Å². The molecule has 0 aromatic carbocycles. The smallest absolute Gasteiger partial charge is 0.305 e. The summed E-state index contributed by atoms with van der Waals surface area (Å²) < 4.78 is 21.1. The first kappa shape index (κ1) is 29.6. The number of amides is 2. The molecule has 2 amide bonds. The third-order valence-electron chi connectivity index (χ3n) is 3.67. The Labute approximate surface area is 185 Å². The molecule has 2 unspecified atom stereocenters. The highest BCUT2D eigenvalue weighted by atomic mass is 16.6. The zero-order chi connectivity index (χ0) is 24.2. The maximum atomic E-state index is 11.5. The predicted octanol–water partition coefficient (Wildman–Crippen LogP) is -3.11. The van der Waals surface area contributed by atoms with Gasteiger partial charge in [-0.2, -0.15) is 0 Å². The van der Waals surface area contributed by atoms with Gasteiger partial charge in [0.05, 0.1) is 77.8 Å². The molecule has 0 rings (SSSR count). The first-order valence-corrected chi connectivity index (χ1v) is 10.0. The van der Waals surface area contributed by atoms with Crippen LogP contribution in [0.1, 0.15) is 12.8 Å². The van der Waals surface area contributed by atoms with Gasteiger partial charge in [0.15, 0.2) is 0 Å². The Morgan fingerprint density at radius 1 is 0.594 bits per heavy atom. The molecule has 186 valence electrons. The van der Waals surface area contributed by atoms with Gasteiger partial charge in [-0.1, -0.05) is 0 Å². The molecule has 0 aromatic rings. The molecule has 8 N–H and O–H groups in total. The van der Waals surface area contributed by atoms with Crippen LogP contribution in [0.2, 0.25) is 0 Å². The van der Waals surface area contributed by atoms with Crippen LogP contribution in [0.3, 0.4) is 0 Å². The molecule has 0 aliphatic carbocycles. The molecule has 32 heavy (non-hydrogen) atoms. The molecule has 14 heteroatoms. The van der Waals surface area contributed by atoms with Crippen LogP contribution in [0.25, 0.3) is 0 Å². The fourth-order valence-corrected chi connectivity index (χ4v) is 2.08. The van der Waals surface area contributed by atoms with Gasteiger partial charge in [0.2, 0.25) is 11.8 Å². The maximum Gasteiger partial charge on any atom is 0.305 e. The second-order valence-corrected chi connectivity index (χ2v) is 6.44. The third-order valence-corrected chi connectivity index (χ3v) is 3.67.